The van der Waals surface area contributed by atoms with E-state index < -0.39 is 17.7 Å². The number of nitrogens with one attached hydrogen (secondary N) is 1. The number of methoxy groups -OCH3 is 1. The minimum absolute atomic E-state index is 0.00734. The molecular weight excluding hydrogens is 320 g/mol. The molecule has 0 aliphatic heterocycles. The molecule has 8 heteroatoms. The predicted molar refractivity (Wildman–Crippen MR) is 87.1 cm³/mol. The van der Waals surface area contributed by atoms with Gasteiger partial charge >= 0.3 is 12.1 Å². The fraction of sp³-hybridized carbons (Fsp3) is 0.400. The highest BCUT2D eigenvalue weighted by molar-refractivity contribution is 7.21. The van der Waals surface area contributed by atoms with E-state index in [0.29, 0.717) is 16.8 Å². The van der Waals surface area contributed by atoms with E-state index in [4.69, 9.17) is 9.47 Å². The number of carbonyl (C=O) groups excluding carboxylic acids is 1. The predicted octanol–water partition coefficient (Wildman–Crippen LogP) is 3.49. The third kappa shape index (κ3) is 4.17. The van der Waals surface area contributed by atoms with Gasteiger partial charge in [-0.1, -0.05) is 0 Å². The van der Waals surface area contributed by atoms with Crippen molar-refractivity contribution in [2.24, 2.45) is 0 Å². The summed E-state index contributed by atoms with van der Waals surface area (Å²) >= 11 is 1.04. The van der Waals surface area contributed by atoms with Crippen LogP contribution in [0.5, 0.6) is 0 Å². The molecule has 0 saturated heterocycles. The van der Waals surface area contributed by atoms with Crippen LogP contribution in [-0.2, 0) is 16.1 Å². The lowest BCUT2D eigenvalue weighted by atomic mass is 10.2. The Morgan fingerprint density at radius 3 is 2.65 bits per heavy atom. The lowest BCUT2D eigenvalue weighted by molar-refractivity contribution is 0.0636. The second kappa shape index (κ2) is 6.51. The van der Waals surface area contributed by atoms with Crippen LogP contribution in [-0.4, -0.2) is 34.9 Å². The van der Waals surface area contributed by atoms with Gasteiger partial charge in [0.05, 0.1) is 17.0 Å². The Bertz CT molecular complexity index is 748. The van der Waals surface area contributed by atoms with Crippen LogP contribution in [0.1, 0.15) is 36.0 Å². The van der Waals surface area contributed by atoms with Crippen LogP contribution in [0.2, 0.25) is 0 Å². The molecule has 0 fully saturated rings. The first-order valence-corrected chi connectivity index (χ1v) is 7.66. The second-order valence-electron chi connectivity index (χ2n) is 5.86. The quantitative estimate of drug-likeness (QED) is 0.885. The minimum atomic E-state index is -1.13. The molecular formula is C15H18N2O5S. The number of pyridine rings is 1. The number of thiophene rings is 1. The number of aromatic carboxylic acids is 1. The number of hydrogen-bond acceptors (Lipinski definition) is 6. The first-order valence-electron chi connectivity index (χ1n) is 6.85. The fourth-order valence-electron chi connectivity index (χ4n) is 1.94. The van der Waals surface area contributed by atoms with Crippen LogP contribution in [0.4, 0.5) is 10.5 Å². The van der Waals surface area contributed by atoms with Crippen LogP contribution < -0.4 is 5.32 Å². The number of carboxylic acid groups (broad SMARTS) is 1. The van der Waals surface area contributed by atoms with Crippen molar-refractivity contribution in [3.8, 4) is 0 Å². The van der Waals surface area contributed by atoms with Crippen molar-refractivity contribution < 1.29 is 24.2 Å². The van der Waals surface area contributed by atoms with Gasteiger partial charge in [-0.05, 0) is 32.4 Å². The molecule has 0 bridgehead atoms. The number of anilines is 1. The van der Waals surface area contributed by atoms with Crippen molar-refractivity contribution >= 4 is 39.3 Å². The molecule has 2 aromatic heterocycles. The van der Waals surface area contributed by atoms with Crippen molar-refractivity contribution in [3.63, 3.8) is 0 Å². The van der Waals surface area contributed by atoms with Crippen LogP contribution in [0, 0.1) is 0 Å². The number of hydrogen-bond donors (Lipinski definition) is 2. The molecule has 2 heterocycles. The fourth-order valence-corrected chi connectivity index (χ4v) is 2.96. The first-order chi connectivity index (χ1) is 10.7. The molecule has 0 unspecified atom stereocenters. The summed E-state index contributed by atoms with van der Waals surface area (Å²) in [5.41, 5.74) is 0.703. The van der Waals surface area contributed by atoms with Gasteiger partial charge in [0.1, 0.15) is 16.0 Å². The Labute approximate surface area is 137 Å². The number of rotatable bonds is 4. The maximum absolute atomic E-state index is 11.9. The number of aromatic nitrogens is 1. The maximum Gasteiger partial charge on any atom is 0.412 e. The van der Waals surface area contributed by atoms with Crippen molar-refractivity contribution in [2.75, 3.05) is 12.4 Å². The van der Waals surface area contributed by atoms with Gasteiger partial charge in [-0.25, -0.2) is 9.59 Å². The highest BCUT2D eigenvalue weighted by atomic mass is 32.1. The lowest BCUT2D eigenvalue weighted by Gasteiger charge is -2.19. The number of carboxylic acids is 1. The molecule has 0 radical (unpaired) electrons. The normalized spacial score (nSPS) is 11.5. The van der Waals surface area contributed by atoms with Crippen LogP contribution in [0.25, 0.3) is 10.2 Å². The van der Waals surface area contributed by atoms with E-state index in [-0.39, 0.29) is 10.6 Å². The van der Waals surface area contributed by atoms with Crippen molar-refractivity contribution in [2.45, 2.75) is 33.0 Å². The minimum Gasteiger partial charge on any atom is -0.477 e. The zero-order valence-electron chi connectivity index (χ0n) is 13.3. The summed E-state index contributed by atoms with van der Waals surface area (Å²) in [6, 6.07) is 1.79. The zero-order chi connectivity index (χ0) is 17.2. The Balaban J connectivity index is 2.42. The van der Waals surface area contributed by atoms with Crippen LogP contribution >= 0.6 is 11.3 Å². The molecule has 1 amide bonds. The summed E-state index contributed by atoms with van der Waals surface area (Å²) in [7, 11) is 1.57. The van der Waals surface area contributed by atoms with E-state index in [9.17, 15) is 14.7 Å². The molecule has 7 nitrogen and oxygen atoms in total. The molecule has 2 aromatic rings. The third-order valence-corrected chi connectivity index (χ3v) is 3.83. The molecule has 2 N–H and O–H groups in total. The zero-order valence-corrected chi connectivity index (χ0v) is 14.1. The molecule has 0 aromatic carbocycles. The summed E-state index contributed by atoms with van der Waals surface area (Å²) < 4.78 is 10.9. The Kier molecular flexibility index (Phi) is 4.86. The number of carbonyl (C=O) groups is 2. The van der Waals surface area contributed by atoms with Crippen LogP contribution in [0.3, 0.4) is 0 Å². The summed E-state index contributed by atoms with van der Waals surface area (Å²) in [4.78, 5) is 27.6. The van der Waals surface area contributed by atoms with E-state index in [1.807, 2.05) is 0 Å². The van der Waals surface area contributed by atoms with E-state index in [1.54, 1.807) is 40.1 Å². The van der Waals surface area contributed by atoms with Gasteiger partial charge in [0, 0.05) is 13.3 Å². The summed E-state index contributed by atoms with van der Waals surface area (Å²) in [5, 5.41) is 11.8. The highest BCUT2D eigenvalue weighted by Gasteiger charge is 2.23. The first kappa shape index (κ1) is 17.2. The average Bonchev–Trinajstić information content (AvgIpc) is 2.75. The Hall–Kier alpha value is -2.19. The number of ether oxygens (including phenoxy) is 2. The van der Waals surface area contributed by atoms with Crippen molar-refractivity contribution in [1.29, 1.82) is 0 Å². The molecule has 0 saturated carbocycles. The largest absolute Gasteiger partial charge is 0.477 e. The molecule has 0 aliphatic rings. The van der Waals surface area contributed by atoms with E-state index in [1.165, 1.54) is 0 Å². The number of fused-ring (bicyclic) bond motifs is 1. The van der Waals surface area contributed by atoms with Gasteiger partial charge in [0.2, 0.25) is 0 Å². The SMILES string of the molecule is COCc1cnc2c(NC(=O)OC(C)(C)C)c(C(=O)O)sc2c1. The number of nitrogens with zero attached hydrogens (tertiary/aromatic N) is 1. The maximum atomic E-state index is 11.9. The van der Waals surface area contributed by atoms with E-state index in [2.05, 4.69) is 10.3 Å². The standard InChI is InChI=1S/C15H18N2O5S/c1-15(2,3)22-14(20)17-11-10-9(23-12(11)13(18)19)5-8(6-16-10)7-21-4/h5-6H,7H2,1-4H3,(H,17,20)(H,18,19). The van der Waals surface area contributed by atoms with Crippen LogP contribution in [0.15, 0.2) is 12.3 Å². The van der Waals surface area contributed by atoms with Gasteiger partial charge in [0.15, 0.2) is 0 Å². The molecule has 0 atom stereocenters. The topological polar surface area (TPSA) is 97.8 Å². The van der Waals surface area contributed by atoms with Gasteiger partial charge in [0.25, 0.3) is 0 Å². The molecule has 0 aliphatic carbocycles. The molecule has 124 valence electrons. The average molecular weight is 338 g/mol. The van der Waals surface area contributed by atoms with Crippen molar-refractivity contribution in [1.82, 2.24) is 4.98 Å². The van der Waals surface area contributed by atoms with E-state index in [0.717, 1.165) is 16.9 Å². The van der Waals surface area contributed by atoms with Gasteiger partial charge < -0.3 is 14.6 Å². The van der Waals surface area contributed by atoms with Gasteiger partial charge in [-0.2, -0.15) is 0 Å². The Morgan fingerprint density at radius 1 is 1.39 bits per heavy atom. The summed E-state index contributed by atoms with van der Waals surface area (Å²) in [5.74, 6) is -1.13. The van der Waals surface area contributed by atoms with Gasteiger partial charge in [-0.15, -0.1) is 11.3 Å². The third-order valence-electron chi connectivity index (χ3n) is 2.72. The van der Waals surface area contributed by atoms with E-state index >= 15 is 0 Å². The second-order valence-corrected chi connectivity index (χ2v) is 6.91. The molecule has 2 rings (SSSR count). The van der Waals surface area contributed by atoms with Crippen molar-refractivity contribution in [3.05, 3.63) is 22.7 Å². The molecule has 23 heavy (non-hydrogen) atoms. The monoisotopic (exact) mass is 338 g/mol. The molecule has 0 spiro atoms. The van der Waals surface area contributed by atoms with Gasteiger partial charge in [-0.3, -0.25) is 10.3 Å². The summed E-state index contributed by atoms with van der Waals surface area (Å²) in [6.07, 6.45) is 0.868. The Morgan fingerprint density at radius 2 is 2.09 bits per heavy atom. The lowest BCUT2D eigenvalue weighted by Crippen LogP contribution is -2.27. The smallest absolute Gasteiger partial charge is 0.412 e. The summed E-state index contributed by atoms with van der Waals surface area (Å²) in [6.45, 7) is 5.56. The highest BCUT2D eigenvalue weighted by Crippen LogP contribution is 2.35. The number of amides is 1.